The van der Waals surface area contributed by atoms with Crippen LogP contribution in [0.25, 0.3) is 0 Å². The number of anilines is 1. The quantitative estimate of drug-likeness (QED) is 0.941. The molecule has 0 atom stereocenters. The molecule has 1 fully saturated rings. The first-order valence-electron chi connectivity index (χ1n) is 6.90. The molecule has 0 amide bonds. The Balaban J connectivity index is 1.87. The molecule has 2 aromatic rings. The Morgan fingerprint density at radius 1 is 1.20 bits per heavy atom. The van der Waals surface area contributed by atoms with Crippen LogP contribution < -0.4 is 10.2 Å². The summed E-state index contributed by atoms with van der Waals surface area (Å²) in [6.45, 7) is 8.47. The van der Waals surface area contributed by atoms with Crippen molar-refractivity contribution in [1.82, 2.24) is 10.3 Å². The third-order valence-electron chi connectivity index (χ3n) is 3.39. The van der Waals surface area contributed by atoms with Crippen LogP contribution in [-0.4, -0.2) is 31.2 Å². The average Bonchev–Trinajstić information content (AvgIpc) is 2.78. The highest BCUT2D eigenvalue weighted by molar-refractivity contribution is 8.01. The molecule has 0 spiro atoms. The third-order valence-corrected chi connectivity index (χ3v) is 5.80. The van der Waals surface area contributed by atoms with Gasteiger partial charge >= 0.3 is 0 Å². The van der Waals surface area contributed by atoms with Gasteiger partial charge in [-0.2, -0.15) is 0 Å². The zero-order chi connectivity index (χ0) is 13.9. The molecule has 20 heavy (non-hydrogen) atoms. The molecule has 1 aliphatic heterocycles. The van der Waals surface area contributed by atoms with E-state index in [1.165, 1.54) is 14.8 Å². The fraction of sp³-hybridized carbons (Fsp3) is 0.400. The van der Waals surface area contributed by atoms with Crippen molar-refractivity contribution in [2.45, 2.75) is 23.0 Å². The van der Waals surface area contributed by atoms with Gasteiger partial charge in [-0.1, -0.05) is 23.9 Å². The fourth-order valence-electron chi connectivity index (χ4n) is 2.42. The molecule has 1 aromatic carbocycles. The number of piperazine rings is 1. The molecule has 1 aromatic heterocycles. The number of nitrogens with one attached hydrogen (secondary N) is 1. The zero-order valence-electron chi connectivity index (χ0n) is 11.8. The van der Waals surface area contributed by atoms with E-state index < -0.39 is 0 Å². The molecule has 1 aliphatic rings. The van der Waals surface area contributed by atoms with E-state index in [2.05, 4.69) is 53.3 Å². The molecule has 0 bridgehead atoms. The highest BCUT2D eigenvalue weighted by Crippen LogP contribution is 2.39. The second-order valence-electron chi connectivity index (χ2n) is 4.91. The number of nitrogens with zero attached hydrogens (tertiary/aromatic N) is 2. The molecule has 0 aliphatic carbocycles. The first kappa shape index (κ1) is 13.9. The summed E-state index contributed by atoms with van der Waals surface area (Å²) in [5, 5.41) is 4.55. The van der Waals surface area contributed by atoms with Crippen molar-refractivity contribution in [2.24, 2.45) is 0 Å². The number of rotatable bonds is 3. The normalized spacial score (nSPS) is 15.6. The summed E-state index contributed by atoms with van der Waals surface area (Å²) in [6.07, 6.45) is 0. The van der Waals surface area contributed by atoms with Crippen molar-refractivity contribution in [2.75, 3.05) is 31.1 Å². The standard InChI is InChI=1S/C15H19N3S2/c1-11-15(19-12(2)17-11)20-14-6-4-3-5-13(14)18-9-7-16-8-10-18/h3-6,16H,7-10H2,1-2H3. The van der Waals surface area contributed by atoms with E-state index in [0.717, 1.165) is 36.9 Å². The minimum atomic E-state index is 1.07. The molecule has 5 heteroatoms. The van der Waals surface area contributed by atoms with Gasteiger partial charge in [-0.15, -0.1) is 11.3 Å². The monoisotopic (exact) mass is 305 g/mol. The van der Waals surface area contributed by atoms with Crippen LogP contribution in [0.2, 0.25) is 0 Å². The summed E-state index contributed by atoms with van der Waals surface area (Å²) in [5.74, 6) is 0. The molecule has 0 radical (unpaired) electrons. The van der Waals surface area contributed by atoms with Crippen LogP contribution in [0.3, 0.4) is 0 Å². The highest BCUT2D eigenvalue weighted by Gasteiger charge is 2.16. The minimum Gasteiger partial charge on any atom is -0.368 e. The minimum absolute atomic E-state index is 1.07. The van der Waals surface area contributed by atoms with E-state index >= 15 is 0 Å². The smallest absolute Gasteiger partial charge is 0.0909 e. The SMILES string of the molecule is Cc1nc(C)c(Sc2ccccc2N2CCNCC2)s1. The van der Waals surface area contributed by atoms with Crippen LogP contribution in [0.4, 0.5) is 5.69 Å². The highest BCUT2D eigenvalue weighted by atomic mass is 32.2. The Morgan fingerprint density at radius 2 is 1.95 bits per heavy atom. The van der Waals surface area contributed by atoms with Crippen molar-refractivity contribution < 1.29 is 0 Å². The summed E-state index contributed by atoms with van der Waals surface area (Å²) < 4.78 is 1.31. The molecule has 0 saturated carbocycles. The van der Waals surface area contributed by atoms with Crippen molar-refractivity contribution in [3.63, 3.8) is 0 Å². The molecular formula is C15H19N3S2. The number of hydrogen-bond acceptors (Lipinski definition) is 5. The van der Waals surface area contributed by atoms with Gasteiger partial charge in [0.25, 0.3) is 0 Å². The van der Waals surface area contributed by atoms with Gasteiger partial charge in [0, 0.05) is 31.1 Å². The first-order chi connectivity index (χ1) is 9.74. The van der Waals surface area contributed by atoms with Crippen molar-refractivity contribution in [3.8, 4) is 0 Å². The Hall–Kier alpha value is -1.04. The second kappa shape index (κ2) is 6.16. The second-order valence-corrected chi connectivity index (χ2v) is 7.43. The number of thiazole rings is 1. The number of aryl methyl sites for hydroxylation is 2. The van der Waals surface area contributed by atoms with Crippen LogP contribution >= 0.6 is 23.1 Å². The Labute approximate surface area is 128 Å². The van der Waals surface area contributed by atoms with Gasteiger partial charge in [-0.05, 0) is 26.0 Å². The largest absolute Gasteiger partial charge is 0.368 e. The molecule has 3 nitrogen and oxygen atoms in total. The Morgan fingerprint density at radius 3 is 2.65 bits per heavy atom. The lowest BCUT2D eigenvalue weighted by Gasteiger charge is -2.30. The fourth-order valence-corrected chi connectivity index (χ4v) is 4.70. The molecule has 0 unspecified atom stereocenters. The molecule has 1 N–H and O–H groups in total. The van der Waals surface area contributed by atoms with E-state index in [0.29, 0.717) is 0 Å². The maximum Gasteiger partial charge on any atom is 0.0909 e. The molecular weight excluding hydrogens is 286 g/mol. The molecule has 3 rings (SSSR count). The van der Waals surface area contributed by atoms with E-state index in [1.54, 1.807) is 11.3 Å². The Bertz CT molecular complexity index is 589. The lowest BCUT2D eigenvalue weighted by atomic mass is 10.2. The van der Waals surface area contributed by atoms with Crippen LogP contribution in [0.5, 0.6) is 0 Å². The maximum absolute atomic E-state index is 4.52. The molecule has 106 valence electrons. The Kier molecular flexibility index (Phi) is 4.29. The van der Waals surface area contributed by atoms with Crippen molar-refractivity contribution >= 4 is 28.8 Å². The van der Waals surface area contributed by atoms with E-state index in [1.807, 2.05) is 11.8 Å². The molecule has 2 heterocycles. The summed E-state index contributed by atoms with van der Waals surface area (Å²) in [7, 11) is 0. The number of benzene rings is 1. The van der Waals surface area contributed by atoms with Gasteiger partial charge in [0.05, 0.1) is 20.6 Å². The summed E-state index contributed by atoms with van der Waals surface area (Å²) in [5.41, 5.74) is 2.50. The van der Waals surface area contributed by atoms with Crippen LogP contribution in [0.1, 0.15) is 10.7 Å². The van der Waals surface area contributed by atoms with Gasteiger partial charge in [-0.25, -0.2) is 4.98 Å². The van der Waals surface area contributed by atoms with Gasteiger partial charge in [0.2, 0.25) is 0 Å². The van der Waals surface area contributed by atoms with Gasteiger partial charge < -0.3 is 10.2 Å². The van der Waals surface area contributed by atoms with Gasteiger partial charge in [0.1, 0.15) is 0 Å². The van der Waals surface area contributed by atoms with Crippen molar-refractivity contribution in [3.05, 3.63) is 35.0 Å². The third kappa shape index (κ3) is 3.00. The predicted molar refractivity (Wildman–Crippen MR) is 87.2 cm³/mol. The zero-order valence-corrected chi connectivity index (χ0v) is 13.5. The maximum atomic E-state index is 4.52. The molecule has 1 saturated heterocycles. The summed E-state index contributed by atoms with van der Waals surface area (Å²) in [4.78, 5) is 8.33. The van der Waals surface area contributed by atoms with Gasteiger partial charge in [-0.3, -0.25) is 0 Å². The summed E-state index contributed by atoms with van der Waals surface area (Å²) in [6, 6.07) is 8.71. The van der Waals surface area contributed by atoms with E-state index in [-0.39, 0.29) is 0 Å². The predicted octanol–water partition coefficient (Wildman–Crippen LogP) is 3.32. The first-order valence-corrected chi connectivity index (χ1v) is 8.54. The number of aromatic nitrogens is 1. The van der Waals surface area contributed by atoms with Gasteiger partial charge in [0.15, 0.2) is 0 Å². The van der Waals surface area contributed by atoms with E-state index in [4.69, 9.17) is 0 Å². The van der Waals surface area contributed by atoms with Crippen LogP contribution in [-0.2, 0) is 0 Å². The average molecular weight is 305 g/mol. The number of para-hydroxylation sites is 1. The topological polar surface area (TPSA) is 28.2 Å². The lowest BCUT2D eigenvalue weighted by molar-refractivity contribution is 0.587. The van der Waals surface area contributed by atoms with Crippen LogP contribution in [0.15, 0.2) is 33.4 Å². The lowest BCUT2D eigenvalue weighted by Crippen LogP contribution is -2.43. The number of hydrogen-bond donors (Lipinski definition) is 1. The van der Waals surface area contributed by atoms with Crippen molar-refractivity contribution in [1.29, 1.82) is 0 Å². The van der Waals surface area contributed by atoms with Crippen LogP contribution in [0, 0.1) is 13.8 Å². The van der Waals surface area contributed by atoms with E-state index in [9.17, 15) is 0 Å². The summed E-state index contributed by atoms with van der Waals surface area (Å²) >= 11 is 3.63.